The van der Waals surface area contributed by atoms with Gasteiger partial charge < -0.3 is 19.6 Å². The highest BCUT2D eigenvalue weighted by Crippen LogP contribution is 2.28. The van der Waals surface area contributed by atoms with Gasteiger partial charge in [-0.2, -0.15) is 4.99 Å². The lowest BCUT2D eigenvalue weighted by Crippen LogP contribution is -2.34. The van der Waals surface area contributed by atoms with E-state index in [1.807, 2.05) is 10.6 Å². The Bertz CT molecular complexity index is 1020. The summed E-state index contributed by atoms with van der Waals surface area (Å²) >= 11 is 0. The molecular formula is C23H31N5O3. The van der Waals surface area contributed by atoms with Gasteiger partial charge in [-0.15, -0.1) is 0 Å². The minimum atomic E-state index is -0.372. The topological polar surface area (TPSA) is 96.7 Å². The third kappa shape index (κ3) is 5.18. The predicted molar refractivity (Wildman–Crippen MR) is 120 cm³/mol. The molecule has 1 N–H and O–H groups in total. The lowest BCUT2D eigenvalue weighted by Gasteiger charge is -2.22. The van der Waals surface area contributed by atoms with Gasteiger partial charge in [0.1, 0.15) is 6.29 Å². The molecule has 1 aliphatic heterocycles. The fraction of sp³-hybridized carbons (Fsp3) is 0.522. The molecule has 0 aliphatic carbocycles. The van der Waals surface area contributed by atoms with Crippen molar-refractivity contribution in [3.8, 4) is 0 Å². The fourth-order valence-corrected chi connectivity index (χ4v) is 4.22. The van der Waals surface area contributed by atoms with E-state index in [-0.39, 0.29) is 17.1 Å². The summed E-state index contributed by atoms with van der Waals surface area (Å²) in [6.07, 6.45) is 7.98. The third-order valence-electron chi connectivity index (χ3n) is 5.80. The third-order valence-corrected chi connectivity index (χ3v) is 5.80. The van der Waals surface area contributed by atoms with Crippen LogP contribution in [0.1, 0.15) is 61.0 Å². The van der Waals surface area contributed by atoms with Crippen LogP contribution in [0.2, 0.25) is 0 Å². The van der Waals surface area contributed by atoms with Crippen LogP contribution in [0, 0.1) is 6.92 Å². The van der Waals surface area contributed by atoms with Crippen molar-refractivity contribution in [2.24, 2.45) is 4.99 Å². The maximum atomic E-state index is 12.5. The highest BCUT2D eigenvalue weighted by Gasteiger charge is 2.19. The van der Waals surface area contributed by atoms with E-state index in [1.165, 1.54) is 19.9 Å². The highest BCUT2D eigenvalue weighted by atomic mass is 16.2. The number of aromatic nitrogens is 2. The van der Waals surface area contributed by atoms with Crippen LogP contribution in [0.15, 0.2) is 17.1 Å². The molecule has 1 aromatic heterocycles. The predicted octanol–water partition coefficient (Wildman–Crippen LogP) is 2.51. The summed E-state index contributed by atoms with van der Waals surface area (Å²) < 4.78 is 1.94. The Morgan fingerprint density at radius 1 is 1.16 bits per heavy atom. The van der Waals surface area contributed by atoms with E-state index in [0.717, 1.165) is 61.8 Å². The van der Waals surface area contributed by atoms with E-state index in [4.69, 9.17) is 0 Å². The SMILES string of the molecule is CNC(=O)c1nc2cc(C)c(N3CCCC3)cc2n(CCCCCCC=O)c1=NC=O. The van der Waals surface area contributed by atoms with Crippen LogP contribution in [0.5, 0.6) is 0 Å². The molecule has 1 aromatic carbocycles. The van der Waals surface area contributed by atoms with E-state index in [2.05, 4.69) is 33.2 Å². The van der Waals surface area contributed by atoms with E-state index < -0.39 is 0 Å². The summed E-state index contributed by atoms with van der Waals surface area (Å²) in [5, 5.41) is 2.60. The second-order valence-electron chi connectivity index (χ2n) is 7.94. The summed E-state index contributed by atoms with van der Waals surface area (Å²) in [4.78, 5) is 45.3. The van der Waals surface area contributed by atoms with Gasteiger partial charge in [-0.25, -0.2) is 4.98 Å². The summed E-state index contributed by atoms with van der Waals surface area (Å²) in [5.74, 6) is -0.372. The molecule has 0 radical (unpaired) electrons. The maximum Gasteiger partial charge on any atom is 0.273 e. The number of unbranched alkanes of at least 4 members (excludes halogenated alkanes) is 4. The molecule has 1 saturated heterocycles. The molecule has 0 spiro atoms. The number of nitrogens with one attached hydrogen (secondary N) is 1. The van der Waals surface area contributed by atoms with Gasteiger partial charge in [-0.3, -0.25) is 9.59 Å². The Hall–Kier alpha value is -3.03. The second-order valence-corrected chi connectivity index (χ2v) is 7.94. The van der Waals surface area contributed by atoms with Crippen molar-refractivity contribution in [1.82, 2.24) is 14.9 Å². The van der Waals surface area contributed by atoms with E-state index in [9.17, 15) is 14.4 Å². The summed E-state index contributed by atoms with van der Waals surface area (Å²) in [6, 6.07) is 4.13. The normalized spacial score (nSPS) is 14.3. The first-order valence-corrected chi connectivity index (χ1v) is 11.0. The second kappa shape index (κ2) is 10.8. The number of rotatable bonds is 10. The maximum absolute atomic E-state index is 12.5. The number of nitrogens with zero attached hydrogens (tertiary/aromatic N) is 4. The molecule has 8 heteroatoms. The largest absolute Gasteiger partial charge is 0.371 e. The first-order valence-electron chi connectivity index (χ1n) is 11.0. The molecule has 31 heavy (non-hydrogen) atoms. The van der Waals surface area contributed by atoms with Crippen LogP contribution in [-0.4, -0.2) is 48.3 Å². The van der Waals surface area contributed by atoms with Gasteiger partial charge in [-0.1, -0.05) is 12.8 Å². The number of benzene rings is 1. The van der Waals surface area contributed by atoms with Gasteiger partial charge in [0.25, 0.3) is 5.91 Å². The van der Waals surface area contributed by atoms with Crippen LogP contribution in [0.3, 0.4) is 0 Å². The van der Waals surface area contributed by atoms with Gasteiger partial charge in [0.05, 0.1) is 11.0 Å². The average Bonchev–Trinajstić information content (AvgIpc) is 3.30. The number of anilines is 1. The lowest BCUT2D eigenvalue weighted by atomic mass is 10.1. The van der Waals surface area contributed by atoms with Crippen LogP contribution < -0.4 is 15.7 Å². The summed E-state index contributed by atoms with van der Waals surface area (Å²) in [7, 11) is 1.54. The number of fused-ring (bicyclic) bond motifs is 1. The molecule has 1 aliphatic rings. The number of carbonyl (C=O) groups is 3. The van der Waals surface area contributed by atoms with E-state index in [1.54, 1.807) is 0 Å². The zero-order valence-electron chi connectivity index (χ0n) is 18.4. The first-order chi connectivity index (χ1) is 15.1. The monoisotopic (exact) mass is 425 g/mol. The molecule has 1 fully saturated rings. The molecule has 0 saturated carbocycles. The van der Waals surface area contributed by atoms with Gasteiger partial charge in [-0.05, 0) is 50.3 Å². The van der Waals surface area contributed by atoms with Crippen molar-refractivity contribution in [2.45, 2.75) is 58.4 Å². The highest BCUT2D eigenvalue weighted by molar-refractivity contribution is 5.94. The number of aldehydes is 1. The van der Waals surface area contributed by atoms with Gasteiger partial charge in [0.15, 0.2) is 11.2 Å². The van der Waals surface area contributed by atoms with E-state index >= 15 is 0 Å². The summed E-state index contributed by atoms with van der Waals surface area (Å²) in [6.45, 7) is 4.73. The Labute approximate surface area is 182 Å². The van der Waals surface area contributed by atoms with Crippen LogP contribution in [0.25, 0.3) is 11.0 Å². The number of carbonyl (C=O) groups excluding carboxylic acids is 3. The standard InChI is InChI=1S/C23H31N5O3/c1-17-14-18-20(15-19(17)27-10-7-8-11-27)28(12-6-4-3-5-9-13-29)22(25-16-30)21(26-18)23(31)24-2/h13-16H,3-12H2,1-2H3,(H,24,31). The zero-order valence-corrected chi connectivity index (χ0v) is 18.4. The van der Waals surface area contributed by atoms with Gasteiger partial charge in [0.2, 0.25) is 6.41 Å². The lowest BCUT2D eigenvalue weighted by molar-refractivity contribution is -0.108. The van der Waals surface area contributed by atoms with Crippen molar-refractivity contribution < 1.29 is 14.4 Å². The molecule has 2 heterocycles. The summed E-state index contributed by atoms with van der Waals surface area (Å²) in [5.41, 5.74) is 4.29. The van der Waals surface area contributed by atoms with Crippen molar-refractivity contribution in [1.29, 1.82) is 0 Å². The minimum Gasteiger partial charge on any atom is -0.371 e. The fourth-order valence-electron chi connectivity index (χ4n) is 4.22. The molecule has 3 rings (SSSR count). The number of aryl methyl sites for hydroxylation is 2. The Morgan fingerprint density at radius 3 is 2.58 bits per heavy atom. The number of hydrogen-bond donors (Lipinski definition) is 1. The zero-order chi connectivity index (χ0) is 22.2. The van der Waals surface area contributed by atoms with Crippen LogP contribution in [-0.2, 0) is 16.1 Å². The molecule has 166 valence electrons. The van der Waals surface area contributed by atoms with Crippen molar-refractivity contribution in [2.75, 3.05) is 25.0 Å². The minimum absolute atomic E-state index is 0.149. The molecule has 2 aromatic rings. The molecule has 8 nitrogen and oxygen atoms in total. The average molecular weight is 426 g/mol. The van der Waals surface area contributed by atoms with E-state index in [0.29, 0.717) is 24.9 Å². The number of hydrogen-bond acceptors (Lipinski definition) is 5. The van der Waals surface area contributed by atoms with Gasteiger partial charge in [0, 0.05) is 38.8 Å². The Balaban J connectivity index is 2.10. The van der Waals surface area contributed by atoms with Crippen molar-refractivity contribution >= 4 is 35.3 Å². The molecular weight excluding hydrogens is 394 g/mol. The van der Waals surface area contributed by atoms with Gasteiger partial charge >= 0.3 is 0 Å². The quantitative estimate of drug-likeness (QED) is 0.466. The molecule has 2 amide bonds. The smallest absolute Gasteiger partial charge is 0.273 e. The first kappa shape index (κ1) is 22.7. The Kier molecular flexibility index (Phi) is 7.92. The van der Waals surface area contributed by atoms with Crippen molar-refractivity contribution in [3.63, 3.8) is 0 Å². The molecule has 0 atom stereocenters. The van der Waals surface area contributed by atoms with Crippen LogP contribution in [0.4, 0.5) is 5.69 Å². The van der Waals surface area contributed by atoms with Crippen molar-refractivity contribution in [3.05, 3.63) is 28.9 Å². The van der Waals surface area contributed by atoms with Crippen LogP contribution >= 0.6 is 0 Å². The molecule has 0 bridgehead atoms. The number of amides is 2. The molecule has 0 unspecified atom stereocenters. The Morgan fingerprint density at radius 2 is 1.90 bits per heavy atom.